The van der Waals surface area contributed by atoms with Crippen molar-refractivity contribution in [2.24, 2.45) is 0 Å². The Balaban J connectivity index is 1.04. The lowest BCUT2D eigenvalue weighted by molar-refractivity contribution is 0.0393. The molecule has 0 atom stereocenters. The van der Waals surface area contributed by atoms with Gasteiger partial charge in [0.2, 0.25) is 11.9 Å². The zero-order valence-corrected chi connectivity index (χ0v) is 34.0. The van der Waals surface area contributed by atoms with Crippen LogP contribution in [0.1, 0.15) is 16.7 Å². The summed E-state index contributed by atoms with van der Waals surface area (Å²) >= 11 is 0. The fourth-order valence-corrected chi connectivity index (χ4v) is 7.55. The van der Waals surface area contributed by atoms with Crippen molar-refractivity contribution < 1.29 is 23.7 Å². The number of morpholine rings is 2. The minimum atomic E-state index is -0.242. The van der Waals surface area contributed by atoms with E-state index in [1.165, 1.54) is 0 Å². The Hall–Kier alpha value is -6.03. The number of urea groups is 1. The fourth-order valence-electron chi connectivity index (χ4n) is 7.55. The van der Waals surface area contributed by atoms with Crippen LogP contribution in [-0.2, 0) is 29.0 Å². The largest absolute Gasteiger partial charge is 0.497 e. The molecule has 5 aromatic rings. The highest BCUT2D eigenvalue weighted by atomic mass is 16.5. The third-order valence-electron chi connectivity index (χ3n) is 11.0. The number of nitrogens with one attached hydrogen (secondary N) is 1. The van der Waals surface area contributed by atoms with Gasteiger partial charge in [0.25, 0.3) is 0 Å². The summed E-state index contributed by atoms with van der Waals surface area (Å²) in [5.41, 5.74) is 6.31. The highest BCUT2D eigenvalue weighted by molar-refractivity contribution is 6.03. The smallest absolute Gasteiger partial charge is 0.327 e. The van der Waals surface area contributed by atoms with Crippen LogP contribution < -0.4 is 34.4 Å². The van der Waals surface area contributed by atoms with E-state index >= 15 is 0 Å². The third-order valence-corrected chi connectivity index (χ3v) is 11.0. The second-order valence-electron chi connectivity index (χ2n) is 14.9. The zero-order valence-electron chi connectivity index (χ0n) is 34.0. The molecule has 3 aromatic carbocycles. The molecule has 3 aliphatic rings. The van der Waals surface area contributed by atoms with Gasteiger partial charge in [-0.3, -0.25) is 9.80 Å². The number of fused-ring (bicyclic) bond motifs is 1. The fraction of sp³-hybridized carbons (Fsp3) is 0.386. The molecule has 15 heteroatoms. The lowest BCUT2D eigenvalue weighted by atomic mass is 10.1. The van der Waals surface area contributed by atoms with Crippen molar-refractivity contribution in [1.82, 2.24) is 24.8 Å². The van der Waals surface area contributed by atoms with Crippen LogP contribution in [0.25, 0.3) is 11.3 Å². The average molecular weight is 801 g/mol. The first-order chi connectivity index (χ1) is 28.9. The number of anilines is 5. The van der Waals surface area contributed by atoms with Crippen LogP contribution in [0.5, 0.6) is 11.5 Å². The van der Waals surface area contributed by atoms with Gasteiger partial charge in [-0.1, -0.05) is 30.3 Å². The number of carbonyl (C=O) groups is 1. The number of hydrogen-bond acceptors (Lipinski definition) is 13. The molecule has 308 valence electrons. The van der Waals surface area contributed by atoms with Gasteiger partial charge in [-0.25, -0.2) is 19.7 Å². The van der Waals surface area contributed by atoms with Gasteiger partial charge in [-0.05, 0) is 60.0 Å². The number of likely N-dealkylation sites (N-methyl/N-ethyl adjacent to an activating group) is 1. The quantitative estimate of drug-likeness (QED) is 0.155. The first-order valence-corrected chi connectivity index (χ1v) is 20.2. The van der Waals surface area contributed by atoms with E-state index in [1.807, 2.05) is 54.9 Å². The number of amides is 2. The van der Waals surface area contributed by atoms with Crippen LogP contribution in [0.4, 0.5) is 33.9 Å². The normalized spacial score (nSPS) is 15.4. The van der Waals surface area contributed by atoms with Gasteiger partial charge >= 0.3 is 6.03 Å². The summed E-state index contributed by atoms with van der Waals surface area (Å²) in [4.78, 5) is 44.6. The first-order valence-electron chi connectivity index (χ1n) is 20.2. The van der Waals surface area contributed by atoms with Gasteiger partial charge in [0.15, 0.2) is 0 Å². The number of methoxy groups -OCH3 is 2. The maximum atomic E-state index is 14.1. The average Bonchev–Trinajstić information content (AvgIpc) is 3.73. The summed E-state index contributed by atoms with van der Waals surface area (Å²) in [7, 11) is 5.41. The molecular weight excluding hydrogens is 749 g/mol. The molecule has 2 amide bonds. The van der Waals surface area contributed by atoms with Crippen molar-refractivity contribution in [1.29, 1.82) is 0 Å². The summed E-state index contributed by atoms with van der Waals surface area (Å²) in [5.74, 6) is 3.32. The van der Waals surface area contributed by atoms with Gasteiger partial charge < -0.3 is 39.0 Å². The molecule has 2 aromatic heterocycles. The van der Waals surface area contributed by atoms with Crippen molar-refractivity contribution in [2.75, 3.05) is 118 Å². The third kappa shape index (κ3) is 9.65. The Morgan fingerprint density at radius 1 is 0.797 bits per heavy atom. The molecule has 0 bridgehead atoms. The van der Waals surface area contributed by atoms with Gasteiger partial charge in [-0.2, -0.15) is 4.98 Å². The standard InChI is InChI=1S/C44H52N10O5/c1-50(17-18-51-19-23-58-24-20-51)36-6-4-5-35(27-36)47-44(55)54-16-15-39-40(48-43(49-41(39)54)52-21-25-59-26-22-52)34-28-45-42(46-29-34)53(30-32-7-11-37(56-2)12-8-32)31-33-9-13-38(57-3)14-10-33/h4-14,27-29H,15-26,30-31H2,1-3H3,(H,47,55). The Morgan fingerprint density at radius 3 is 2.05 bits per heavy atom. The van der Waals surface area contributed by atoms with Crippen molar-refractivity contribution in [3.8, 4) is 22.8 Å². The second-order valence-corrected chi connectivity index (χ2v) is 14.9. The number of rotatable bonds is 14. The van der Waals surface area contributed by atoms with E-state index in [4.69, 9.17) is 38.9 Å². The summed E-state index contributed by atoms with van der Waals surface area (Å²) in [6, 6.07) is 23.8. The molecule has 8 rings (SSSR count). The lowest BCUT2D eigenvalue weighted by Crippen LogP contribution is -2.40. The monoisotopic (exact) mass is 800 g/mol. The molecule has 0 radical (unpaired) electrons. The molecule has 0 saturated carbocycles. The summed E-state index contributed by atoms with van der Waals surface area (Å²) < 4.78 is 21.9. The minimum absolute atomic E-state index is 0.242. The van der Waals surface area contributed by atoms with Crippen LogP contribution in [0, 0.1) is 0 Å². The molecule has 0 unspecified atom stereocenters. The maximum absolute atomic E-state index is 14.1. The summed E-state index contributed by atoms with van der Waals surface area (Å²) in [6.07, 6.45) is 4.24. The molecule has 0 spiro atoms. The van der Waals surface area contributed by atoms with Crippen LogP contribution in [0.2, 0.25) is 0 Å². The maximum Gasteiger partial charge on any atom is 0.327 e. The number of nitrogens with zero attached hydrogens (tertiary/aromatic N) is 9. The van der Waals surface area contributed by atoms with Crippen LogP contribution >= 0.6 is 0 Å². The minimum Gasteiger partial charge on any atom is -0.497 e. The number of aromatic nitrogens is 4. The Labute approximate surface area is 345 Å². The zero-order chi connectivity index (χ0) is 40.6. The van der Waals surface area contributed by atoms with Gasteiger partial charge in [0.05, 0.1) is 46.3 Å². The number of ether oxygens (including phenoxy) is 4. The van der Waals surface area contributed by atoms with E-state index in [-0.39, 0.29) is 6.03 Å². The molecule has 59 heavy (non-hydrogen) atoms. The molecule has 3 aliphatic heterocycles. The molecule has 2 fully saturated rings. The predicted octanol–water partition coefficient (Wildman–Crippen LogP) is 5.36. The van der Waals surface area contributed by atoms with E-state index < -0.39 is 0 Å². The van der Waals surface area contributed by atoms with Crippen molar-refractivity contribution in [2.45, 2.75) is 19.5 Å². The van der Waals surface area contributed by atoms with Crippen molar-refractivity contribution in [3.05, 3.63) is 102 Å². The van der Waals surface area contributed by atoms with Crippen molar-refractivity contribution >= 4 is 35.1 Å². The molecule has 0 aliphatic carbocycles. The molecule has 15 nitrogen and oxygen atoms in total. The molecule has 1 N–H and O–H groups in total. The van der Waals surface area contributed by atoms with E-state index in [1.54, 1.807) is 19.1 Å². The second kappa shape index (κ2) is 18.7. The van der Waals surface area contributed by atoms with E-state index in [9.17, 15) is 4.79 Å². The predicted molar refractivity (Wildman–Crippen MR) is 229 cm³/mol. The van der Waals surface area contributed by atoms with E-state index in [2.05, 4.69) is 62.3 Å². The summed E-state index contributed by atoms with van der Waals surface area (Å²) in [6.45, 7) is 9.36. The van der Waals surface area contributed by atoms with E-state index in [0.717, 1.165) is 90.2 Å². The van der Waals surface area contributed by atoms with Crippen LogP contribution in [0.15, 0.2) is 85.2 Å². The molecular formula is C44H52N10O5. The lowest BCUT2D eigenvalue weighted by Gasteiger charge is -2.29. The van der Waals surface area contributed by atoms with Crippen molar-refractivity contribution in [3.63, 3.8) is 0 Å². The van der Waals surface area contributed by atoms with Crippen LogP contribution in [-0.4, -0.2) is 124 Å². The molecule has 5 heterocycles. The first kappa shape index (κ1) is 39.8. The van der Waals surface area contributed by atoms with E-state index in [0.29, 0.717) is 70.1 Å². The number of carbonyl (C=O) groups excluding carboxylic acids is 1. The highest BCUT2D eigenvalue weighted by Gasteiger charge is 2.32. The van der Waals surface area contributed by atoms with Gasteiger partial charge in [-0.15, -0.1) is 0 Å². The number of hydrogen-bond donors (Lipinski definition) is 1. The Kier molecular flexibility index (Phi) is 12.6. The molecule has 2 saturated heterocycles. The topological polar surface area (TPSA) is 134 Å². The van der Waals surface area contributed by atoms with Gasteiger partial charge in [0, 0.05) is 101 Å². The highest BCUT2D eigenvalue weighted by Crippen LogP contribution is 2.36. The Morgan fingerprint density at radius 2 is 1.42 bits per heavy atom. The van der Waals surface area contributed by atoms with Gasteiger partial charge in [0.1, 0.15) is 17.3 Å². The van der Waals surface area contributed by atoms with Crippen LogP contribution in [0.3, 0.4) is 0 Å². The summed E-state index contributed by atoms with van der Waals surface area (Å²) in [5, 5.41) is 3.15. The number of benzene rings is 3. The Bertz CT molecular complexity index is 2110. The SMILES string of the molecule is COc1ccc(CN(Cc2ccc(OC)cc2)c2ncc(-c3nc(N4CCOCC4)nc4c3CCN4C(=O)Nc3cccc(N(C)CCN4CCOCC4)c3)cn2)cc1.